The fourth-order valence-corrected chi connectivity index (χ4v) is 3.32. The van der Waals surface area contributed by atoms with Gasteiger partial charge in [0.25, 0.3) is 0 Å². The molecular weight excluding hydrogens is 400 g/mol. The number of rotatable bonds is 8. The third-order valence-electron chi connectivity index (χ3n) is 4.57. The van der Waals surface area contributed by atoms with E-state index in [1.807, 2.05) is 50.2 Å². The van der Waals surface area contributed by atoms with E-state index in [9.17, 15) is 4.79 Å². The van der Waals surface area contributed by atoms with Crippen molar-refractivity contribution in [1.29, 1.82) is 0 Å². The molecule has 0 saturated carbocycles. The van der Waals surface area contributed by atoms with Crippen molar-refractivity contribution in [2.75, 3.05) is 7.11 Å². The molecule has 0 bridgehead atoms. The summed E-state index contributed by atoms with van der Waals surface area (Å²) in [6.45, 7) is 3.97. The SMILES string of the molecule is COc1ccc(C(=O)Oc2ccc(-c3ccc(O[C@@H](C)C[C@H](C)Cl)cc3)cc2)cc1. The predicted molar refractivity (Wildman–Crippen MR) is 120 cm³/mol. The molecule has 0 saturated heterocycles. The van der Waals surface area contributed by atoms with Gasteiger partial charge in [-0.25, -0.2) is 4.79 Å². The molecule has 0 aromatic heterocycles. The van der Waals surface area contributed by atoms with Crippen LogP contribution in [0.25, 0.3) is 11.1 Å². The van der Waals surface area contributed by atoms with Crippen molar-refractivity contribution in [2.45, 2.75) is 31.7 Å². The summed E-state index contributed by atoms with van der Waals surface area (Å²) in [6, 6.07) is 22.1. The lowest BCUT2D eigenvalue weighted by Gasteiger charge is -2.16. The van der Waals surface area contributed by atoms with E-state index >= 15 is 0 Å². The molecule has 2 atom stereocenters. The normalized spacial score (nSPS) is 12.7. The first-order valence-corrected chi connectivity index (χ1v) is 10.3. The lowest BCUT2D eigenvalue weighted by molar-refractivity contribution is 0.0734. The quantitative estimate of drug-likeness (QED) is 0.239. The molecule has 30 heavy (non-hydrogen) atoms. The van der Waals surface area contributed by atoms with Gasteiger partial charge in [-0.05, 0) is 73.5 Å². The molecule has 0 spiro atoms. The molecule has 0 aliphatic heterocycles. The summed E-state index contributed by atoms with van der Waals surface area (Å²) in [7, 11) is 1.58. The number of alkyl halides is 1. The number of ether oxygens (including phenoxy) is 3. The van der Waals surface area contributed by atoms with Gasteiger partial charge in [0.15, 0.2) is 0 Å². The maximum Gasteiger partial charge on any atom is 0.343 e. The van der Waals surface area contributed by atoms with E-state index in [0.29, 0.717) is 17.1 Å². The van der Waals surface area contributed by atoms with Crippen molar-refractivity contribution >= 4 is 17.6 Å². The lowest BCUT2D eigenvalue weighted by Crippen LogP contribution is -2.15. The molecule has 0 heterocycles. The van der Waals surface area contributed by atoms with Crippen LogP contribution in [-0.2, 0) is 0 Å². The molecule has 0 aliphatic carbocycles. The Kier molecular flexibility index (Phi) is 7.36. The van der Waals surface area contributed by atoms with E-state index in [-0.39, 0.29) is 11.5 Å². The van der Waals surface area contributed by atoms with E-state index in [4.69, 9.17) is 25.8 Å². The monoisotopic (exact) mass is 424 g/mol. The predicted octanol–water partition coefficient (Wildman–Crippen LogP) is 6.37. The first-order valence-electron chi connectivity index (χ1n) is 9.82. The molecule has 156 valence electrons. The molecule has 0 radical (unpaired) electrons. The largest absolute Gasteiger partial charge is 0.497 e. The Morgan fingerprint density at radius 3 is 1.80 bits per heavy atom. The Morgan fingerprint density at radius 1 is 0.800 bits per heavy atom. The summed E-state index contributed by atoms with van der Waals surface area (Å²) in [5, 5.41) is 0.0802. The van der Waals surface area contributed by atoms with E-state index in [1.165, 1.54) is 0 Å². The van der Waals surface area contributed by atoms with Crippen molar-refractivity contribution in [3.8, 4) is 28.4 Å². The molecule has 0 aliphatic rings. The molecule has 0 fully saturated rings. The van der Waals surface area contributed by atoms with Crippen LogP contribution in [0.4, 0.5) is 0 Å². The standard InChI is InChI=1S/C25H25ClO4/c1-17(26)16-18(2)29-23-12-4-19(5-13-23)20-6-14-24(15-7-20)30-25(27)21-8-10-22(28-3)11-9-21/h4-15,17-18H,16H2,1-3H3/t17-,18-/m0/s1. The van der Waals surface area contributed by atoms with Gasteiger partial charge in [0.2, 0.25) is 0 Å². The van der Waals surface area contributed by atoms with E-state index in [1.54, 1.807) is 43.5 Å². The van der Waals surface area contributed by atoms with Crippen LogP contribution < -0.4 is 14.2 Å². The van der Waals surface area contributed by atoms with Crippen LogP contribution >= 0.6 is 11.6 Å². The second-order valence-electron chi connectivity index (χ2n) is 7.11. The van der Waals surface area contributed by atoms with Gasteiger partial charge in [-0.1, -0.05) is 24.3 Å². The summed E-state index contributed by atoms with van der Waals surface area (Å²) >= 11 is 6.02. The molecule has 5 heteroatoms. The van der Waals surface area contributed by atoms with Gasteiger partial charge in [-0.2, -0.15) is 0 Å². The summed E-state index contributed by atoms with van der Waals surface area (Å²) in [6.07, 6.45) is 0.850. The van der Waals surface area contributed by atoms with Gasteiger partial charge < -0.3 is 14.2 Å². The zero-order valence-corrected chi connectivity index (χ0v) is 18.1. The molecule has 0 amide bonds. The van der Waals surface area contributed by atoms with Crippen molar-refractivity contribution in [3.63, 3.8) is 0 Å². The summed E-state index contributed by atoms with van der Waals surface area (Å²) in [4.78, 5) is 12.3. The Morgan fingerprint density at radius 2 is 1.30 bits per heavy atom. The highest BCUT2D eigenvalue weighted by molar-refractivity contribution is 6.20. The van der Waals surface area contributed by atoms with E-state index in [0.717, 1.165) is 23.3 Å². The minimum atomic E-state index is -0.410. The number of benzene rings is 3. The maximum atomic E-state index is 12.3. The van der Waals surface area contributed by atoms with Crippen LogP contribution in [0.1, 0.15) is 30.6 Å². The van der Waals surface area contributed by atoms with Gasteiger partial charge in [-0.15, -0.1) is 11.6 Å². The first-order chi connectivity index (χ1) is 14.4. The second kappa shape index (κ2) is 10.2. The highest BCUT2D eigenvalue weighted by Gasteiger charge is 2.10. The van der Waals surface area contributed by atoms with Crippen molar-refractivity contribution in [2.24, 2.45) is 0 Å². The number of carbonyl (C=O) groups excluding carboxylic acids is 1. The minimum Gasteiger partial charge on any atom is -0.497 e. The maximum absolute atomic E-state index is 12.3. The fourth-order valence-electron chi connectivity index (χ4n) is 3.07. The van der Waals surface area contributed by atoms with Crippen molar-refractivity contribution < 1.29 is 19.0 Å². The van der Waals surface area contributed by atoms with Crippen LogP contribution in [0.2, 0.25) is 0 Å². The van der Waals surface area contributed by atoms with E-state index < -0.39 is 5.97 Å². The number of esters is 1. The number of carbonyl (C=O) groups is 1. The van der Waals surface area contributed by atoms with Crippen molar-refractivity contribution in [3.05, 3.63) is 78.4 Å². The van der Waals surface area contributed by atoms with Crippen molar-refractivity contribution in [1.82, 2.24) is 0 Å². The minimum absolute atomic E-state index is 0.0584. The van der Waals surface area contributed by atoms with Crippen LogP contribution in [0.3, 0.4) is 0 Å². The third-order valence-corrected chi connectivity index (χ3v) is 4.75. The van der Waals surface area contributed by atoms with Gasteiger partial charge in [0, 0.05) is 11.8 Å². The zero-order chi connectivity index (χ0) is 21.5. The lowest BCUT2D eigenvalue weighted by atomic mass is 10.1. The highest BCUT2D eigenvalue weighted by atomic mass is 35.5. The molecule has 0 unspecified atom stereocenters. The highest BCUT2D eigenvalue weighted by Crippen LogP contribution is 2.26. The molecule has 3 aromatic carbocycles. The molecule has 3 aromatic rings. The number of methoxy groups -OCH3 is 1. The zero-order valence-electron chi connectivity index (χ0n) is 17.3. The molecule has 0 N–H and O–H groups in total. The summed E-state index contributed by atoms with van der Waals surface area (Å²) in [5.74, 6) is 1.58. The topological polar surface area (TPSA) is 44.8 Å². The second-order valence-corrected chi connectivity index (χ2v) is 7.86. The van der Waals surface area contributed by atoms with Crippen LogP contribution in [-0.4, -0.2) is 24.6 Å². The van der Waals surface area contributed by atoms with Gasteiger partial charge in [0.05, 0.1) is 18.8 Å². The van der Waals surface area contributed by atoms with Crippen LogP contribution in [0.5, 0.6) is 17.2 Å². The molecular formula is C25H25ClO4. The third kappa shape index (κ3) is 6.01. The molecule has 4 nitrogen and oxygen atoms in total. The summed E-state index contributed by atoms with van der Waals surface area (Å²) in [5.41, 5.74) is 2.54. The smallest absolute Gasteiger partial charge is 0.343 e. The Labute approximate surface area is 182 Å². The van der Waals surface area contributed by atoms with Gasteiger partial charge in [0.1, 0.15) is 17.2 Å². The van der Waals surface area contributed by atoms with Crippen LogP contribution in [0.15, 0.2) is 72.8 Å². The Bertz CT molecular complexity index is 948. The fraction of sp³-hybridized carbons (Fsp3) is 0.240. The number of halogens is 1. The Balaban J connectivity index is 1.61. The average Bonchev–Trinajstić information content (AvgIpc) is 2.74. The number of hydrogen-bond acceptors (Lipinski definition) is 4. The van der Waals surface area contributed by atoms with E-state index in [2.05, 4.69) is 0 Å². The summed E-state index contributed by atoms with van der Waals surface area (Å²) < 4.78 is 16.4. The Hall–Kier alpha value is -2.98. The average molecular weight is 425 g/mol. The first kappa shape index (κ1) is 21.7. The molecule has 3 rings (SSSR count). The van der Waals surface area contributed by atoms with Crippen LogP contribution in [0, 0.1) is 0 Å². The van der Waals surface area contributed by atoms with Gasteiger partial charge in [-0.3, -0.25) is 0 Å². The van der Waals surface area contributed by atoms with Gasteiger partial charge >= 0.3 is 5.97 Å². The number of hydrogen-bond donors (Lipinski definition) is 0.